The van der Waals surface area contributed by atoms with E-state index in [4.69, 9.17) is 9.52 Å². The van der Waals surface area contributed by atoms with Crippen molar-refractivity contribution in [2.75, 3.05) is 27.7 Å². The Kier molecular flexibility index (Phi) is 5.47. The topological polar surface area (TPSA) is 126 Å². The van der Waals surface area contributed by atoms with Crippen LogP contribution < -0.4 is 5.32 Å². The van der Waals surface area contributed by atoms with Crippen LogP contribution in [0.5, 0.6) is 0 Å². The maximum atomic E-state index is 11.8. The number of hydrogen-bond donors (Lipinski definition) is 2. The molecule has 21 heavy (non-hydrogen) atoms. The smallest absolute Gasteiger partial charge is 0.334 e. The Morgan fingerprint density at radius 2 is 2.10 bits per heavy atom. The second-order valence-corrected chi connectivity index (χ2v) is 6.30. The predicted molar refractivity (Wildman–Crippen MR) is 70.3 cm³/mol. The first-order chi connectivity index (χ1) is 9.70. The Balaban J connectivity index is 2.78. The molecule has 0 aliphatic rings. The molecule has 1 aromatic rings. The number of nitrogens with zero attached hydrogens (tertiary/aromatic N) is 1. The monoisotopic (exact) mass is 320 g/mol. The molecule has 0 saturated carbocycles. The van der Waals surface area contributed by atoms with Crippen molar-refractivity contribution in [2.45, 2.75) is 11.2 Å². The number of carbonyl (C=O) groups is 2. The predicted octanol–water partition coefficient (Wildman–Crippen LogP) is -0.641. The summed E-state index contributed by atoms with van der Waals surface area (Å²) in [6, 6.07) is 1.06. The van der Waals surface area contributed by atoms with Crippen molar-refractivity contribution < 1.29 is 32.3 Å². The molecule has 118 valence electrons. The van der Waals surface area contributed by atoms with Gasteiger partial charge in [-0.1, -0.05) is 0 Å². The summed E-state index contributed by atoms with van der Waals surface area (Å²) in [7, 11) is 0.0819. The summed E-state index contributed by atoms with van der Waals surface area (Å²) >= 11 is 0. The fourth-order valence-corrected chi connectivity index (χ4v) is 2.12. The Bertz CT molecular complexity index is 620. The van der Waals surface area contributed by atoms with Crippen LogP contribution >= 0.6 is 0 Å². The molecule has 1 unspecified atom stereocenters. The molecule has 0 spiro atoms. The number of carboxylic acid groups (broad SMARTS) is 1. The molecule has 2 N–H and O–H groups in total. The third-order valence-corrected chi connectivity index (χ3v) is 4.26. The Hall–Kier alpha value is -1.91. The van der Waals surface area contributed by atoms with E-state index in [-0.39, 0.29) is 17.2 Å². The molecule has 1 aromatic heterocycles. The van der Waals surface area contributed by atoms with Gasteiger partial charge in [0, 0.05) is 27.3 Å². The molecule has 0 radical (unpaired) electrons. The number of methoxy groups -OCH3 is 1. The third kappa shape index (κ3) is 4.03. The quantitative estimate of drug-likeness (QED) is 0.684. The number of rotatable bonds is 7. The highest BCUT2D eigenvalue weighted by Gasteiger charge is 2.24. The fraction of sp³-hybridized carbons (Fsp3) is 0.455. The van der Waals surface area contributed by atoms with Gasteiger partial charge in [0.25, 0.3) is 15.9 Å². The molecule has 0 aliphatic carbocycles. The number of aliphatic carboxylic acids is 1. The molecular formula is C11H16N2O7S. The molecule has 1 atom stereocenters. The minimum atomic E-state index is -3.77. The Labute approximate surface area is 121 Å². The summed E-state index contributed by atoms with van der Waals surface area (Å²) in [5.74, 6) is -1.89. The Morgan fingerprint density at radius 1 is 1.48 bits per heavy atom. The van der Waals surface area contributed by atoms with Crippen LogP contribution in [0, 0.1) is 0 Å². The minimum Gasteiger partial charge on any atom is -0.479 e. The summed E-state index contributed by atoms with van der Waals surface area (Å²) < 4.78 is 34.0. The second-order valence-electron chi connectivity index (χ2n) is 4.21. The molecule has 0 aliphatic heterocycles. The van der Waals surface area contributed by atoms with Crippen molar-refractivity contribution in [3.05, 3.63) is 17.9 Å². The maximum Gasteiger partial charge on any atom is 0.334 e. The molecule has 0 fully saturated rings. The second kappa shape index (κ2) is 6.70. The van der Waals surface area contributed by atoms with Gasteiger partial charge < -0.3 is 19.6 Å². The van der Waals surface area contributed by atoms with E-state index in [2.05, 4.69) is 10.1 Å². The molecule has 10 heteroatoms. The van der Waals surface area contributed by atoms with E-state index in [1.807, 2.05) is 0 Å². The van der Waals surface area contributed by atoms with Gasteiger partial charge in [-0.05, 0) is 0 Å². The lowest BCUT2D eigenvalue weighted by molar-refractivity contribution is -0.148. The first-order valence-corrected chi connectivity index (χ1v) is 7.19. The highest BCUT2D eigenvalue weighted by Crippen LogP contribution is 2.16. The molecule has 9 nitrogen and oxygen atoms in total. The zero-order valence-electron chi connectivity index (χ0n) is 11.7. The lowest BCUT2D eigenvalue weighted by Crippen LogP contribution is -2.37. The Morgan fingerprint density at radius 3 is 2.57 bits per heavy atom. The van der Waals surface area contributed by atoms with E-state index in [0.717, 1.165) is 16.6 Å². The number of hydrogen-bond acceptors (Lipinski definition) is 6. The summed E-state index contributed by atoms with van der Waals surface area (Å²) in [5.41, 5.74) is -0.0318. The van der Waals surface area contributed by atoms with Gasteiger partial charge in [0.05, 0.1) is 12.1 Å². The zero-order chi connectivity index (χ0) is 16.2. The summed E-state index contributed by atoms with van der Waals surface area (Å²) in [4.78, 5) is 22.5. The molecule has 1 amide bonds. The van der Waals surface area contributed by atoms with Gasteiger partial charge in [0.2, 0.25) is 5.09 Å². The van der Waals surface area contributed by atoms with Gasteiger partial charge in [-0.2, -0.15) is 0 Å². The number of amides is 1. The molecule has 1 heterocycles. The van der Waals surface area contributed by atoms with Crippen LogP contribution in [0.1, 0.15) is 10.4 Å². The first kappa shape index (κ1) is 17.1. The van der Waals surface area contributed by atoms with E-state index >= 15 is 0 Å². The molecule has 0 bridgehead atoms. The van der Waals surface area contributed by atoms with Crippen LogP contribution in [-0.2, 0) is 19.6 Å². The van der Waals surface area contributed by atoms with Crippen LogP contribution in [0.25, 0.3) is 0 Å². The number of furan rings is 1. The van der Waals surface area contributed by atoms with Gasteiger partial charge in [-0.3, -0.25) is 4.79 Å². The van der Waals surface area contributed by atoms with Crippen LogP contribution in [0.15, 0.2) is 21.8 Å². The van der Waals surface area contributed by atoms with Crippen LogP contribution in [0.2, 0.25) is 0 Å². The van der Waals surface area contributed by atoms with Crippen molar-refractivity contribution in [1.29, 1.82) is 0 Å². The van der Waals surface area contributed by atoms with Crippen LogP contribution in [0.4, 0.5) is 0 Å². The molecule has 1 rings (SSSR count). The van der Waals surface area contributed by atoms with Crippen molar-refractivity contribution in [2.24, 2.45) is 0 Å². The fourth-order valence-electron chi connectivity index (χ4n) is 1.31. The average molecular weight is 320 g/mol. The van der Waals surface area contributed by atoms with E-state index in [0.29, 0.717) is 0 Å². The van der Waals surface area contributed by atoms with Gasteiger partial charge >= 0.3 is 5.97 Å². The van der Waals surface area contributed by atoms with E-state index < -0.39 is 28.0 Å². The van der Waals surface area contributed by atoms with Gasteiger partial charge in [0.15, 0.2) is 6.10 Å². The van der Waals surface area contributed by atoms with Gasteiger partial charge in [0.1, 0.15) is 6.26 Å². The molecular weight excluding hydrogens is 304 g/mol. The van der Waals surface area contributed by atoms with Crippen molar-refractivity contribution in [1.82, 2.24) is 9.62 Å². The van der Waals surface area contributed by atoms with E-state index in [1.54, 1.807) is 0 Å². The summed E-state index contributed by atoms with van der Waals surface area (Å²) in [6.45, 7) is -0.258. The van der Waals surface area contributed by atoms with Crippen molar-refractivity contribution in [3.8, 4) is 0 Å². The highest BCUT2D eigenvalue weighted by molar-refractivity contribution is 7.88. The van der Waals surface area contributed by atoms with Crippen LogP contribution in [0.3, 0.4) is 0 Å². The number of sulfonamides is 1. The van der Waals surface area contributed by atoms with Crippen LogP contribution in [-0.4, -0.2) is 63.6 Å². The van der Waals surface area contributed by atoms with Crippen molar-refractivity contribution in [3.63, 3.8) is 0 Å². The van der Waals surface area contributed by atoms with E-state index in [9.17, 15) is 18.0 Å². The number of nitrogens with one attached hydrogen (secondary N) is 1. The third-order valence-electron chi connectivity index (χ3n) is 2.58. The summed E-state index contributed by atoms with van der Waals surface area (Å²) in [5, 5.41) is 10.7. The van der Waals surface area contributed by atoms with E-state index in [1.165, 1.54) is 21.2 Å². The zero-order valence-corrected chi connectivity index (χ0v) is 12.5. The lowest BCUT2D eigenvalue weighted by atomic mass is 10.3. The number of carboxylic acids is 1. The van der Waals surface area contributed by atoms with Crippen molar-refractivity contribution >= 4 is 21.9 Å². The first-order valence-electron chi connectivity index (χ1n) is 5.75. The maximum absolute atomic E-state index is 11.8. The standard InChI is InChI=1S/C11H16N2O7S/c1-13(2)21(17,18)9-4-7(6-20-9)10(14)12-5-8(19-3)11(15)16/h4,6,8H,5H2,1-3H3,(H,12,14)(H,15,16). The average Bonchev–Trinajstić information content (AvgIpc) is 2.88. The SMILES string of the molecule is COC(CNC(=O)c1coc(S(=O)(=O)N(C)C)c1)C(=O)O. The summed E-state index contributed by atoms with van der Waals surface area (Å²) in [6.07, 6.45) is -0.209. The normalized spacial score (nSPS) is 13.1. The molecule has 0 aromatic carbocycles. The lowest BCUT2D eigenvalue weighted by Gasteiger charge is -2.10. The van der Waals surface area contributed by atoms with Gasteiger partial charge in [-0.25, -0.2) is 17.5 Å². The minimum absolute atomic E-state index is 0.0318. The molecule has 0 saturated heterocycles. The number of carbonyl (C=O) groups excluding carboxylic acids is 1. The van der Waals surface area contributed by atoms with Gasteiger partial charge in [-0.15, -0.1) is 0 Å². The largest absolute Gasteiger partial charge is 0.479 e. The highest BCUT2D eigenvalue weighted by atomic mass is 32.2. The number of ether oxygens (including phenoxy) is 1.